The Balaban J connectivity index is 0.668. The summed E-state index contributed by atoms with van der Waals surface area (Å²) in [6.07, 6.45) is 0. The Labute approximate surface area is 500 Å². The standard InChI is InChI=1S/C81H66N4/c1-79(2)73-16-10-7-13-67(73)70-46-25-55(49-76(70)79)52-19-28-58(29-20-52)82-61-34-40-64(41-35-61)85(65-42-36-62(37-43-65)83-59-30-21-53(22-31-59)56-26-47-71-68-14-8-11-17-74(68)80(3,4)77(71)50-56)66-44-38-63(39-45-66)84-60-32-23-54(24-33-60)57-27-48-72-69-15-9-12-18-75(69)81(5,6)78(72)51-57/h7-51,82-84H,1-6H3. The molecule has 0 atom stereocenters. The molecule has 4 heteroatoms. The van der Waals surface area contributed by atoms with E-state index < -0.39 is 0 Å². The highest BCUT2D eigenvalue weighted by molar-refractivity contribution is 5.88. The first-order chi connectivity index (χ1) is 41.3. The van der Waals surface area contributed by atoms with Crippen LogP contribution >= 0.6 is 0 Å². The van der Waals surface area contributed by atoms with Gasteiger partial charge in [-0.05, 0) is 228 Å². The van der Waals surface area contributed by atoms with Crippen molar-refractivity contribution in [2.24, 2.45) is 0 Å². The van der Waals surface area contributed by atoms with Gasteiger partial charge < -0.3 is 20.9 Å². The van der Waals surface area contributed by atoms with Gasteiger partial charge in [0, 0.05) is 67.4 Å². The summed E-state index contributed by atoms with van der Waals surface area (Å²) in [4.78, 5) is 2.32. The van der Waals surface area contributed by atoms with Crippen molar-refractivity contribution in [1.82, 2.24) is 0 Å². The Morgan fingerprint density at radius 2 is 0.424 bits per heavy atom. The fourth-order valence-electron chi connectivity index (χ4n) is 13.9. The molecule has 0 aromatic heterocycles. The molecule has 0 unspecified atom stereocenters. The number of nitrogens with zero attached hydrogens (tertiary/aromatic N) is 1. The van der Waals surface area contributed by atoms with Gasteiger partial charge in [0.05, 0.1) is 0 Å². The van der Waals surface area contributed by atoms with Crippen molar-refractivity contribution < 1.29 is 0 Å². The maximum atomic E-state index is 3.68. The lowest BCUT2D eigenvalue weighted by Gasteiger charge is -2.26. The lowest BCUT2D eigenvalue weighted by Crippen LogP contribution is -2.14. The summed E-state index contributed by atoms with van der Waals surface area (Å²) < 4.78 is 0. The van der Waals surface area contributed by atoms with E-state index in [-0.39, 0.29) is 16.2 Å². The van der Waals surface area contributed by atoms with Crippen LogP contribution in [-0.4, -0.2) is 0 Å². The molecule has 3 aliphatic carbocycles. The van der Waals surface area contributed by atoms with Crippen molar-refractivity contribution in [3.63, 3.8) is 0 Å². The minimum absolute atomic E-state index is 0.0391. The van der Waals surface area contributed by atoms with Crippen molar-refractivity contribution in [3.05, 3.63) is 306 Å². The molecule has 3 aliphatic rings. The van der Waals surface area contributed by atoms with Gasteiger partial charge in [-0.1, -0.05) is 187 Å². The van der Waals surface area contributed by atoms with Gasteiger partial charge in [0.25, 0.3) is 0 Å². The van der Waals surface area contributed by atoms with Crippen LogP contribution in [0.5, 0.6) is 0 Å². The fraction of sp³-hybridized carbons (Fsp3) is 0.111. The highest BCUT2D eigenvalue weighted by atomic mass is 15.1. The third-order valence-electron chi connectivity index (χ3n) is 18.6. The van der Waals surface area contributed by atoms with Crippen LogP contribution in [0.25, 0.3) is 66.8 Å². The summed E-state index contributed by atoms with van der Waals surface area (Å²) in [5, 5.41) is 11.0. The minimum Gasteiger partial charge on any atom is -0.356 e. The van der Waals surface area contributed by atoms with Gasteiger partial charge in [0.1, 0.15) is 0 Å². The van der Waals surface area contributed by atoms with Crippen LogP contribution in [0.3, 0.4) is 0 Å². The zero-order chi connectivity index (χ0) is 57.6. The molecular formula is C81H66N4. The Bertz CT molecular complexity index is 4060. The molecule has 4 nitrogen and oxygen atoms in total. The molecule has 0 heterocycles. The van der Waals surface area contributed by atoms with E-state index in [4.69, 9.17) is 0 Å². The van der Waals surface area contributed by atoms with E-state index in [1.807, 2.05) is 0 Å². The number of hydrogen-bond acceptors (Lipinski definition) is 4. The van der Waals surface area contributed by atoms with Crippen LogP contribution in [0.15, 0.2) is 273 Å². The van der Waals surface area contributed by atoms with Crippen LogP contribution < -0.4 is 20.9 Å². The van der Waals surface area contributed by atoms with Gasteiger partial charge in [-0.15, -0.1) is 0 Å². The van der Waals surface area contributed by atoms with Gasteiger partial charge in [-0.3, -0.25) is 0 Å². The van der Waals surface area contributed by atoms with E-state index >= 15 is 0 Å². The van der Waals surface area contributed by atoms with Gasteiger partial charge in [0.15, 0.2) is 0 Å². The largest absolute Gasteiger partial charge is 0.356 e. The summed E-state index contributed by atoms with van der Waals surface area (Å²) in [6, 6.07) is 100.0. The number of rotatable bonds is 12. The number of benzene rings is 12. The first-order valence-corrected chi connectivity index (χ1v) is 29.8. The maximum Gasteiger partial charge on any atom is 0.0463 e. The average Bonchev–Trinajstić information content (AvgIpc) is 2.04. The quantitative estimate of drug-likeness (QED) is 0.114. The topological polar surface area (TPSA) is 39.3 Å². The monoisotopic (exact) mass is 1090 g/mol. The third-order valence-corrected chi connectivity index (χ3v) is 18.6. The lowest BCUT2D eigenvalue weighted by atomic mass is 9.81. The van der Waals surface area contributed by atoms with E-state index in [2.05, 4.69) is 335 Å². The molecule has 0 bridgehead atoms. The number of anilines is 9. The number of nitrogens with one attached hydrogen (secondary N) is 3. The molecule has 0 aliphatic heterocycles. The Morgan fingerprint density at radius 3 is 0.682 bits per heavy atom. The third kappa shape index (κ3) is 8.99. The van der Waals surface area contributed by atoms with Crippen LogP contribution in [-0.2, 0) is 16.2 Å². The molecule has 0 amide bonds. The second-order valence-electron chi connectivity index (χ2n) is 24.9. The number of fused-ring (bicyclic) bond motifs is 9. The minimum atomic E-state index is -0.0391. The van der Waals surface area contributed by atoms with Crippen LogP contribution in [0, 0.1) is 0 Å². The van der Waals surface area contributed by atoms with E-state index in [0.29, 0.717) is 0 Å². The fourth-order valence-corrected chi connectivity index (χ4v) is 13.9. The normalized spacial score (nSPS) is 14.0. The van der Waals surface area contributed by atoms with E-state index in [0.717, 1.165) is 51.2 Å². The molecule has 15 rings (SSSR count). The second kappa shape index (κ2) is 20.0. The van der Waals surface area contributed by atoms with Gasteiger partial charge in [0.2, 0.25) is 0 Å². The average molecular weight is 1100 g/mol. The molecular weight excluding hydrogens is 1030 g/mol. The van der Waals surface area contributed by atoms with Crippen molar-refractivity contribution in [3.8, 4) is 66.8 Å². The van der Waals surface area contributed by atoms with Crippen molar-refractivity contribution in [1.29, 1.82) is 0 Å². The van der Waals surface area contributed by atoms with Crippen LogP contribution in [0.4, 0.5) is 51.2 Å². The summed E-state index contributed by atoms with van der Waals surface area (Å²) in [6.45, 7) is 14.0. The maximum absolute atomic E-state index is 3.68. The van der Waals surface area contributed by atoms with Crippen molar-refractivity contribution >= 4 is 51.2 Å². The molecule has 0 saturated heterocycles. The molecule has 0 fully saturated rings. The molecule has 85 heavy (non-hydrogen) atoms. The smallest absolute Gasteiger partial charge is 0.0463 e. The molecule has 12 aromatic rings. The Hall–Kier alpha value is -10.2. The summed E-state index contributed by atoms with van der Waals surface area (Å²) in [5.74, 6) is 0. The van der Waals surface area contributed by atoms with Gasteiger partial charge in [-0.25, -0.2) is 0 Å². The molecule has 12 aromatic carbocycles. The highest BCUT2D eigenvalue weighted by Crippen LogP contribution is 2.52. The molecule has 3 N–H and O–H groups in total. The predicted molar refractivity (Wildman–Crippen MR) is 359 cm³/mol. The van der Waals surface area contributed by atoms with E-state index in [9.17, 15) is 0 Å². The molecule has 0 spiro atoms. The Kier molecular flexibility index (Phi) is 12.2. The zero-order valence-corrected chi connectivity index (χ0v) is 48.9. The summed E-state index contributed by atoms with van der Waals surface area (Å²) in [5.41, 5.74) is 32.9. The summed E-state index contributed by atoms with van der Waals surface area (Å²) in [7, 11) is 0. The SMILES string of the molecule is CC1(C)c2ccccc2-c2ccc(-c3ccc(Nc4ccc(N(c5ccc(Nc6ccc(-c7ccc8c(c7)C(C)(C)c7ccccc7-8)cc6)cc5)c5ccc(Nc6ccc(-c7ccc8c(c7)C(C)(C)c7ccccc7-8)cc6)cc5)cc4)cc3)cc21. The molecule has 410 valence electrons. The summed E-state index contributed by atoms with van der Waals surface area (Å²) >= 11 is 0. The number of hydrogen-bond donors (Lipinski definition) is 3. The predicted octanol–water partition coefficient (Wildman–Crippen LogP) is 22.3. The first kappa shape index (κ1) is 51.7. The van der Waals surface area contributed by atoms with Crippen LogP contribution in [0.2, 0.25) is 0 Å². The van der Waals surface area contributed by atoms with Crippen molar-refractivity contribution in [2.75, 3.05) is 20.9 Å². The Morgan fingerprint density at radius 1 is 0.212 bits per heavy atom. The van der Waals surface area contributed by atoms with Crippen LogP contribution in [0.1, 0.15) is 74.9 Å². The lowest BCUT2D eigenvalue weighted by molar-refractivity contribution is 0.660. The van der Waals surface area contributed by atoms with E-state index in [1.54, 1.807) is 0 Å². The molecule has 0 saturated carbocycles. The zero-order valence-electron chi connectivity index (χ0n) is 48.9. The van der Waals surface area contributed by atoms with E-state index in [1.165, 1.54) is 100 Å². The van der Waals surface area contributed by atoms with Gasteiger partial charge in [-0.2, -0.15) is 0 Å². The first-order valence-electron chi connectivity index (χ1n) is 29.8. The van der Waals surface area contributed by atoms with Crippen molar-refractivity contribution in [2.45, 2.75) is 57.8 Å². The highest BCUT2D eigenvalue weighted by Gasteiger charge is 2.38. The second-order valence-corrected chi connectivity index (χ2v) is 24.9. The van der Waals surface area contributed by atoms with Gasteiger partial charge >= 0.3 is 0 Å². The molecule has 0 radical (unpaired) electrons.